The lowest BCUT2D eigenvalue weighted by Crippen LogP contribution is -2.65. The molecule has 7 N–H and O–H groups in total. The summed E-state index contributed by atoms with van der Waals surface area (Å²) >= 11 is 0. The lowest BCUT2D eigenvalue weighted by Gasteiger charge is -2.51. The van der Waals surface area contributed by atoms with E-state index in [1.165, 1.54) is 19.1 Å². The van der Waals surface area contributed by atoms with Crippen molar-refractivity contribution in [3.8, 4) is 0 Å². The van der Waals surface area contributed by atoms with E-state index >= 15 is 0 Å². The second-order valence-corrected chi connectivity index (χ2v) is 25.2. The molecule has 20 nitrogen and oxygen atoms in total. The summed E-state index contributed by atoms with van der Waals surface area (Å²) in [6.07, 6.45) is -2.66. The number of fused-ring (bicyclic) bond motifs is 10. The first-order chi connectivity index (χ1) is 38.2. The maximum absolute atomic E-state index is 14.4. The fraction of sp³-hybridized carbons (Fsp3) is 0.787. The standard InChI is InChI=1S/C61H92O20/c1-10-11-15-40(63)18-33(2)19-51-53(68)55-37(6)56(75-51)57(69)61(71)30-49(66)35(4)50(81-61)17-14-12-13-16-42-21-41(64)26-59(77-42)28-45(72-9)22-43(78-59)24-48(65)36(5)54-34(3)39(31-73-54)20-47-27-58(8,70)32-60(80-47)29-46(74-38(7)62)23-44(79-60)25-52(67)76-55/h10-11,13,15-16,20,34-37,40-47,49-51,53-57,63-64,66,68-71H,1-2,12,14,17-19,21-32H2,3-9H3/b15-11+,16-13-,39-20-/t34-,35-,36+,37+,40-,41+,42+,43+,44-,45+,46+,47+,49+,50-,51+,53+,54+,55+,56+,57-,58+,59-,60-,61-/m0/s1. The zero-order chi connectivity index (χ0) is 58.8. The Kier molecular flexibility index (Phi) is 20.9. The van der Waals surface area contributed by atoms with E-state index in [0.717, 1.165) is 5.57 Å². The fourth-order valence-corrected chi connectivity index (χ4v) is 14.2. The smallest absolute Gasteiger partial charge is 0.308 e. The summed E-state index contributed by atoms with van der Waals surface area (Å²) in [5.74, 6) is -8.84. The number of carbonyl (C=O) groups is 3. The predicted molar refractivity (Wildman–Crippen MR) is 291 cm³/mol. The zero-order valence-corrected chi connectivity index (χ0v) is 48.4. The van der Waals surface area contributed by atoms with Crippen molar-refractivity contribution in [2.45, 2.75) is 265 Å². The molecule has 0 aromatic carbocycles. The number of carbonyl (C=O) groups excluding carboxylic acids is 3. The van der Waals surface area contributed by atoms with E-state index in [0.29, 0.717) is 44.1 Å². The van der Waals surface area contributed by atoms with Gasteiger partial charge in [0.2, 0.25) is 0 Å². The highest BCUT2D eigenvalue weighted by atomic mass is 16.7. The first-order valence-corrected chi connectivity index (χ1v) is 29.5. The van der Waals surface area contributed by atoms with Crippen molar-refractivity contribution >= 4 is 17.7 Å². The zero-order valence-electron chi connectivity index (χ0n) is 48.4. The summed E-state index contributed by atoms with van der Waals surface area (Å²) in [4.78, 5) is 41.2. The number of ketones is 1. The number of esters is 2. The molecule has 8 aliphatic rings. The average molecular weight is 1150 g/mol. The summed E-state index contributed by atoms with van der Waals surface area (Å²) in [6, 6.07) is 0. The lowest BCUT2D eigenvalue weighted by molar-refractivity contribution is -0.350. The highest BCUT2D eigenvalue weighted by Crippen LogP contribution is 2.48. The van der Waals surface area contributed by atoms with Crippen LogP contribution >= 0.6 is 0 Å². The topological polar surface area (TPSA) is 285 Å². The highest BCUT2D eigenvalue weighted by molar-refractivity contribution is 5.82. The molecule has 0 radical (unpaired) electrons. The van der Waals surface area contributed by atoms with Crippen LogP contribution in [0.4, 0.5) is 0 Å². The highest BCUT2D eigenvalue weighted by Gasteiger charge is 2.58. The van der Waals surface area contributed by atoms with Gasteiger partial charge in [-0.15, -0.1) is 0 Å². The van der Waals surface area contributed by atoms with Gasteiger partial charge in [0.25, 0.3) is 0 Å². The molecular formula is C61H92O20. The summed E-state index contributed by atoms with van der Waals surface area (Å²) < 4.78 is 63.9. The first kappa shape index (κ1) is 63.7. The third kappa shape index (κ3) is 15.6. The monoisotopic (exact) mass is 1140 g/mol. The van der Waals surface area contributed by atoms with Crippen molar-refractivity contribution in [1.29, 1.82) is 0 Å². The summed E-state index contributed by atoms with van der Waals surface area (Å²) in [7, 11) is 1.61. The van der Waals surface area contributed by atoms with Crippen LogP contribution in [-0.2, 0) is 61.8 Å². The Labute approximate surface area is 476 Å². The van der Waals surface area contributed by atoms with Crippen molar-refractivity contribution in [3.63, 3.8) is 0 Å². The normalized spacial score (nSPS) is 47.3. The minimum absolute atomic E-state index is 0.0300. The van der Waals surface area contributed by atoms with Crippen molar-refractivity contribution in [3.05, 3.63) is 60.8 Å². The molecule has 8 aliphatic heterocycles. The molecule has 0 aliphatic carbocycles. The number of rotatable bonds is 8. The van der Waals surface area contributed by atoms with Crippen LogP contribution in [0.1, 0.15) is 144 Å². The predicted octanol–water partition coefficient (Wildman–Crippen LogP) is 4.79. The molecule has 0 aromatic heterocycles. The Bertz CT molecular complexity index is 2300. The molecule has 0 unspecified atom stereocenters. The van der Waals surface area contributed by atoms with Gasteiger partial charge in [-0.2, -0.15) is 0 Å². The number of allylic oxidation sites excluding steroid dienone is 3. The maximum Gasteiger partial charge on any atom is 0.308 e. The minimum atomic E-state index is -2.37. The molecule has 8 rings (SSSR count). The van der Waals surface area contributed by atoms with Gasteiger partial charge in [0.1, 0.15) is 30.2 Å². The van der Waals surface area contributed by atoms with Crippen LogP contribution in [0.5, 0.6) is 0 Å². The average Bonchev–Trinajstić information content (AvgIpc) is 3.58. The van der Waals surface area contributed by atoms with Gasteiger partial charge in [-0.25, -0.2) is 0 Å². The van der Waals surface area contributed by atoms with Gasteiger partial charge in [-0.1, -0.05) is 82.9 Å². The van der Waals surface area contributed by atoms with Gasteiger partial charge < -0.3 is 83.1 Å². The fourth-order valence-electron chi connectivity index (χ4n) is 14.2. The van der Waals surface area contributed by atoms with Crippen LogP contribution in [0.2, 0.25) is 0 Å². The van der Waals surface area contributed by atoms with E-state index in [1.54, 1.807) is 34.0 Å². The Balaban J connectivity index is 1.10. The molecule has 8 heterocycles. The molecule has 12 bridgehead atoms. The van der Waals surface area contributed by atoms with Gasteiger partial charge in [0, 0.05) is 102 Å². The quantitative estimate of drug-likeness (QED) is 0.0977. The van der Waals surface area contributed by atoms with Crippen LogP contribution in [0, 0.1) is 23.7 Å². The Morgan fingerprint density at radius 2 is 1.56 bits per heavy atom. The first-order valence-electron chi connectivity index (χ1n) is 29.5. The number of Topliss-reactive ketones (excluding diaryl/α,β-unsaturated/α-hetero) is 1. The third-order valence-corrected chi connectivity index (χ3v) is 18.2. The summed E-state index contributed by atoms with van der Waals surface area (Å²) in [5, 5.41) is 82.1. The lowest BCUT2D eigenvalue weighted by atomic mass is 9.78. The van der Waals surface area contributed by atoms with Crippen LogP contribution < -0.4 is 0 Å². The van der Waals surface area contributed by atoms with Gasteiger partial charge in [0.15, 0.2) is 17.4 Å². The van der Waals surface area contributed by atoms with Gasteiger partial charge >= 0.3 is 11.9 Å². The van der Waals surface area contributed by atoms with Crippen molar-refractivity contribution < 1.29 is 97.5 Å². The van der Waals surface area contributed by atoms with Crippen LogP contribution in [0.3, 0.4) is 0 Å². The van der Waals surface area contributed by atoms with E-state index < -0.39 is 157 Å². The number of methoxy groups -OCH3 is 1. The molecule has 7 fully saturated rings. The number of aliphatic hydroxyl groups is 7. The molecule has 0 amide bonds. The minimum Gasteiger partial charge on any atom is -0.462 e. The van der Waals surface area contributed by atoms with Crippen LogP contribution in [0.15, 0.2) is 60.8 Å². The van der Waals surface area contributed by atoms with Crippen LogP contribution in [0.25, 0.3) is 0 Å². The second-order valence-electron chi connectivity index (χ2n) is 25.2. The molecule has 0 saturated carbocycles. The van der Waals surface area contributed by atoms with E-state index in [1.807, 2.05) is 32.1 Å². The van der Waals surface area contributed by atoms with E-state index in [-0.39, 0.29) is 75.8 Å². The maximum atomic E-state index is 14.4. The summed E-state index contributed by atoms with van der Waals surface area (Å²) in [6.45, 7) is 18.1. The molecule has 24 atom stereocenters. The van der Waals surface area contributed by atoms with Crippen LogP contribution in [-0.4, -0.2) is 188 Å². The second kappa shape index (κ2) is 26.5. The largest absolute Gasteiger partial charge is 0.462 e. The Hall–Kier alpha value is -3.29. The SMILES string of the molecule is C=C/C=C/[C@H](O)CC(=C)C[C@H]1O[C@@H]2[C@H](C)[C@@H](OC(=O)C[C@@H]3C[C@@H](OC(C)=O)C[C@]4(C[C@](C)(O)C[C@@H](/C=C5/CO[C@@H]([C@H](C)C(=O)C[C@H]6C[C@@H](OC)C[C@]7(C[C@H](O)C[C@@H](/C=C\CCC[C@@H]8O[C@@](O)(C[C@@H](O)[C@@H]8C)[C@H]2O)O7)O6)[C@H]5C)O4)O3)[C@@H]1O. The van der Waals surface area contributed by atoms with E-state index in [9.17, 15) is 50.1 Å². The molecule has 2 spiro atoms. The van der Waals surface area contributed by atoms with Crippen molar-refractivity contribution in [2.24, 2.45) is 23.7 Å². The van der Waals surface area contributed by atoms with E-state index in [2.05, 4.69) is 13.2 Å². The van der Waals surface area contributed by atoms with E-state index in [4.69, 9.17) is 47.4 Å². The Morgan fingerprint density at radius 3 is 2.28 bits per heavy atom. The van der Waals surface area contributed by atoms with Crippen molar-refractivity contribution in [2.75, 3.05) is 13.7 Å². The number of hydrogen-bond acceptors (Lipinski definition) is 20. The molecular weight excluding hydrogens is 1050 g/mol. The summed E-state index contributed by atoms with van der Waals surface area (Å²) in [5.41, 5.74) is -0.0508. The molecule has 0 aromatic rings. The molecule has 81 heavy (non-hydrogen) atoms. The number of aliphatic hydroxyl groups excluding tert-OH is 5. The van der Waals surface area contributed by atoms with Gasteiger partial charge in [0.05, 0.1) is 91.9 Å². The molecule has 7 saturated heterocycles. The molecule has 456 valence electrons. The van der Waals surface area contributed by atoms with Gasteiger partial charge in [-0.3, -0.25) is 14.4 Å². The van der Waals surface area contributed by atoms with Crippen molar-refractivity contribution in [1.82, 2.24) is 0 Å². The Morgan fingerprint density at radius 1 is 0.852 bits per heavy atom. The van der Waals surface area contributed by atoms with Gasteiger partial charge in [-0.05, 0) is 44.6 Å². The number of hydrogen-bond donors (Lipinski definition) is 7. The number of ether oxygens (including phenoxy) is 10. The third-order valence-electron chi connectivity index (χ3n) is 18.2. The molecule has 20 heteroatoms.